The number of hydrogen-bond acceptors (Lipinski definition) is 3. The van der Waals surface area contributed by atoms with Crippen molar-refractivity contribution in [1.29, 1.82) is 0 Å². The van der Waals surface area contributed by atoms with Gasteiger partial charge in [0, 0.05) is 11.9 Å². The Morgan fingerprint density at radius 3 is 2.92 bits per heavy atom. The monoisotopic (exact) mass is 350 g/mol. The smallest absolute Gasteiger partial charge is 0.268 e. The molecule has 0 bridgehead atoms. The van der Waals surface area contributed by atoms with Gasteiger partial charge in [-0.05, 0) is 42.1 Å². The van der Waals surface area contributed by atoms with Gasteiger partial charge in [-0.3, -0.25) is 4.79 Å². The van der Waals surface area contributed by atoms with Gasteiger partial charge in [0.2, 0.25) is 0 Å². The molecule has 126 valence electrons. The van der Waals surface area contributed by atoms with Crippen molar-refractivity contribution in [3.8, 4) is 0 Å². The zero-order chi connectivity index (χ0) is 17.2. The van der Waals surface area contributed by atoms with Crippen molar-refractivity contribution in [2.75, 3.05) is 0 Å². The lowest BCUT2D eigenvalue weighted by Gasteiger charge is -2.11. The molecule has 0 aliphatic heterocycles. The Bertz CT molecular complexity index is 1010. The normalized spacial score (nSPS) is 11.1. The molecule has 1 amide bonds. The lowest BCUT2D eigenvalue weighted by atomic mass is 10.1. The average Bonchev–Trinajstić information content (AvgIpc) is 3.31. The second kappa shape index (κ2) is 6.61. The SMILES string of the molecule is Cc1cccc(Cn2c(C(=O)NCc3ccco3)cc3ccsc32)c1. The van der Waals surface area contributed by atoms with Gasteiger partial charge in [-0.2, -0.15) is 0 Å². The fourth-order valence-corrected chi connectivity index (χ4v) is 3.88. The standard InChI is InChI=1S/C20H18N2O2S/c1-14-4-2-5-15(10-14)13-22-18(11-16-7-9-25-20(16)22)19(23)21-12-17-6-3-8-24-17/h2-11H,12-13H2,1H3,(H,21,23). The first-order valence-electron chi connectivity index (χ1n) is 8.13. The predicted octanol–water partition coefficient (Wildman–Crippen LogP) is 4.58. The molecule has 1 N–H and O–H groups in total. The van der Waals surface area contributed by atoms with E-state index in [1.807, 2.05) is 18.2 Å². The number of carbonyl (C=O) groups excluding carboxylic acids is 1. The molecule has 4 aromatic rings. The Morgan fingerprint density at radius 2 is 2.12 bits per heavy atom. The summed E-state index contributed by atoms with van der Waals surface area (Å²) in [5.41, 5.74) is 3.08. The number of thiophene rings is 1. The van der Waals surface area contributed by atoms with E-state index in [2.05, 4.69) is 52.5 Å². The predicted molar refractivity (Wildman–Crippen MR) is 100.0 cm³/mol. The van der Waals surface area contributed by atoms with Crippen molar-refractivity contribution in [1.82, 2.24) is 9.88 Å². The van der Waals surface area contributed by atoms with Crippen molar-refractivity contribution in [2.45, 2.75) is 20.0 Å². The molecule has 0 atom stereocenters. The number of aryl methyl sites for hydroxylation is 1. The molecule has 0 saturated heterocycles. The highest BCUT2D eigenvalue weighted by Gasteiger charge is 2.17. The van der Waals surface area contributed by atoms with Gasteiger partial charge in [-0.1, -0.05) is 29.8 Å². The number of furan rings is 1. The maximum absolute atomic E-state index is 12.7. The van der Waals surface area contributed by atoms with Gasteiger partial charge in [-0.25, -0.2) is 0 Å². The number of benzene rings is 1. The molecular formula is C20H18N2O2S. The van der Waals surface area contributed by atoms with E-state index < -0.39 is 0 Å². The van der Waals surface area contributed by atoms with Crippen LogP contribution in [0.3, 0.4) is 0 Å². The van der Waals surface area contributed by atoms with Gasteiger partial charge in [0.15, 0.2) is 0 Å². The number of amides is 1. The lowest BCUT2D eigenvalue weighted by Crippen LogP contribution is -2.25. The first-order chi connectivity index (χ1) is 12.2. The van der Waals surface area contributed by atoms with Crippen LogP contribution in [0.25, 0.3) is 10.2 Å². The molecule has 0 aliphatic carbocycles. The summed E-state index contributed by atoms with van der Waals surface area (Å²) in [6.45, 7) is 3.14. The van der Waals surface area contributed by atoms with Gasteiger partial charge in [0.05, 0.1) is 12.8 Å². The molecule has 3 aromatic heterocycles. The van der Waals surface area contributed by atoms with Gasteiger partial charge >= 0.3 is 0 Å². The Hall–Kier alpha value is -2.79. The molecule has 4 rings (SSSR count). The van der Waals surface area contributed by atoms with E-state index in [1.54, 1.807) is 17.6 Å². The summed E-state index contributed by atoms with van der Waals surface area (Å²) in [5, 5.41) is 6.10. The number of hydrogen-bond donors (Lipinski definition) is 1. The van der Waals surface area contributed by atoms with Gasteiger partial charge in [-0.15, -0.1) is 11.3 Å². The first kappa shape index (κ1) is 15.7. The molecule has 0 fully saturated rings. The highest BCUT2D eigenvalue weighted by Crippen LogP contribution is 2.26. The zero-order valence-electron chi connectivity index (χ0n) is 13.9. The summed E-state index contributed by atoms with van der Waals surface area (Å²) in [5.74, 6) is 0.652. The molecule has 0 saturated carbocycles. The van der Waals surface area contributed by atoms with Crippen LogP contribution in [0, 0.1) is 6.92 Å². The molecular weight excluding hydrogens is 332 g/mol. The van der Waals surface area contributed by atoms with Crippen LogP contribution in [0.4, 0.5) is 0 Å². The van der Waals surface area contributed by atoms with E-state index in [0.29, 0.717) is 18.8 Å². The highest BCUT2D eigenvalue weighted by atomic mass is 32.1. The summed E-state index contributed by atoms with van der Waals surface area (Å²) in [7, 11) is 0. The summed E-state index contributed by atoms with van der Waals surface area (Å²) < 4.78 is 7.37. The van der Waals surface area contributed by atoms with Crippen LogP contribution in [-0.4, -0.2) is 10.5 Å². The van der Waals surface area contributed by atoms with Crippen LogP contribution < -0.4 is 5.32 Å². The molecule has 25 heavy (non-hydrogen) atoms. The fraction of sp³-hybridized carbons (Fsp3) is 0.150. The van der Waals surface area contributed by atoms with Gasteiger partial charge < -0.3 is 14.3 Å². The van der Waals surface area contributed by atoms with Crippen LogP contribution in [0.1, 0.15) is 27.4 Å². The molecule has 5 heteroatoms. The maximum Gasteiger partial charge on any atom is 0.268 e. The van der Waals surface area contributed by atoms with Crippen molar-refractivity contribution < 1.29 is 9.21 Å². The third kappa shape index (κ3) is 3.23. The molecule has 0 aliphatic rings. The first-order valence-corrected chi connectivity index (χ1v) is 9.01. The van der Waals surface area contributed by atoms with Crippen LogP contribution >= 0.6 is 11.3 Å². The minimum absolute atomic E-state index is 0.0903. The van der Waals surface area contributed by atoms with Crippen molar-refractivity contribution >= 4 is 27.5 Å². The third-order valence-electron chi connectivity index (χ3n) is 4.16. The second-order valence-electron chi connectivity index (χ2n) is 6.05. The van der Waals surface area contributed by atoms with Crippen molar-refractivity contribution in [3.63, 3.8) is 0 Å². The largest absolute Gasteiger partial charge is 0.467 e. The number of nitrogens with one attached hydrogen (secondary N) is 1. The van der Waals surface area contributed by atoms with Gasteiger partial charge in [0.1, 0.15) is 16.3 Å². The average molecular weight is 350 g/mol. The van der Waals surface area contributed by atoms with E-state index in [0.717, 1.165) is 16.0 Å². The van der Waals surface area contributed by atoms with E-state index in [9.17, 15) is 4.79 Å². The zero-order valence-corrected chi connectivity index (χ0v) is 14.7. The molecule has 4 nitrogen and oxygen atoms in total. The quantitative estimate of drug-likeness (QED) is 0.572. The number of nitrogens with zero attached hydrogens (tertiary/aromatic N) is 1. The molecule has 1 aromatic carbocycles. The molecule has 0 spiro atoms. The van der Waals surface area contributed by atoms with Crippen LogP contribution in [0.5, 0.6) is 0 Å². The second-order valence-corrected chi connectivity index (χ2v) is 6.94. The van der Waals surface area contributed by atoms with E-state index >= 15 is 0 Å². The molecule has 0 unspecified atom stereocenters. The van der Waals surface area contributed by atoms with Crippen LogP contribution in [-0.2, 0) is 13.1 Å². The van der Waals surface area contributed by atoms with Crippen LogP contribution in [0.2, 0.25) is 0 Å². The lowest BCUT2D eigenvalue weighted by molar-refractivity contribution is 0.0939. The summed E-state index contributed by atoms with van der Waals surface area (Å²) >= 11 is 1.66. The number of fused-ring (bicyclic) bond motifs is 1. The van der Waals surface area contributed by atoms with Crippen molar-refractivity contribution in [2.24, 2.45) is 0 Å². The van der Waals surface area contributed by atoms with E-state index in [4.69, 9.17) is 4.42 Å². The Labute approximate surface area is 149 Å². The summed E-state index contributed by atoms with van der Waals surface area (Å²) in [6.07, 6.45) is 1.61. The Morgan fingerprint density at radius 1 is 1.20 bits per heavy atom. The minimum Gasteiger partial charge on any atom is -0.467 e. The third-order valence-corrected chi connectivity index (χ3v) is 5.11. The Balaban J connectivity index is 1.64. The topological polar surface area (TPSA) is 47.2 Å². The minimum atomic E-state index is -0.0903. The Kier molecular flexibility index (Phi) is 4.15. The maximum atomic E-state index is 12.7. The number of rotatable bonds is 5. The highest BCUT2D eigenvalue weighted by molar-refractivity contribution is 7.16. The van der Waals surface area contributed by atoms with Gasteiger partial charge in [0.25, 0.3) is 5.91 Å². The van der Waals surface area contributed by atoms with Crippen LogP contribution in [0.15, 0.2) is 64.6 Å². The molecule has 3 heterocycles. The summed E-state index contributed by atoms with van der Waals surface area (Å²) in [4.78, 5) is 13.8. The number of aromatic nitrogens is 1. The van der Waals surface area contributed by atoms with E-state index in [1.165, 1.54) is 11.1 Å². The fourth-order valence-electron chi connectivity index (χ4n) is 2.98. The number of carbonyl (C=O) groups is 1. The summed E-state index contributed by atoms with van der Waals surface area (Å²) in [6, 6.07) is 16.1. The van der Waals surface area contributed by atoms with Crippen molar-refractivity contribution in [3.05, 3.63) is 82.8 Å². The van der Waals surface area contributed by atoms with E-state index in [-0.39, 0.29) is 5.91 Å². The molecule has 0 radical (unpaired) electrons.